The second kappa shape index (κ2) is 16.5. The van der Waals surface area contributed by atoms with Gasteiger partial charge in [-0.2, -0.15) is 0 Å². The maximum atomic E-state index is 12.4. The summed E-state index contributed by atoms with van der Waals surface area (Å²) in [6.07, 6.45) is 1.13. The molecule has 12 heteroatoms. The van der Waals surface area contributed by atoms with Crippen LogP contribution in [0.1, 0.15) is 96.7 Å². The van der Waals surface area contributed by atoms with Gasteiger partial charge in [-0.05, 0) is 85.0 Å². The van der Waals surface area contributed by atoms with Crippen LogP contribution in [0.4, 0.5) is 5.69 Å². The number of hydrogen-bond donors (Lipinski definition) is 7. The van der Waals surface area contributed by atoms with E-state index < -0.39 is 18.2 Å². The van der Waals surface area contributed by atoms with Gasteiger partial charge in [0.15, 0.2) is 17.7 Å². The number of rotatable bonds is 15. The number of nitrogens with one attached hydrogen (secondary N) is 3. The van der Waals surface area contributed by atoms with Gasteiger partial charge in [0, 0.05) is 65.1 Å². The third-order valence-electron chi connectivity index (χ3n) is 12.7. The monoisotopic (exact) mass is 795 g/mol. The Kier molecular flexibility index (Phi) is 11.4. The van der Waals surface area contributed by atoms with Crippen LogP contribution in [0.15, 0.2) is 48.5 Å². The van der Waals surface area contributed by atoms with Crippen LogP contribution in [0.5, 0.6) is 34.5 Å². The molecule has 8 rings (SSSR count). The lowest BCUT2D eigenvalue weighted by Crippen LogP contribution is -2.32. The number of aliphatic hydroxyl groups excluding tert-OH is 3. The van der Waals surface area contributed by atoms with Gasteiger partial charge in [-0.1, -0.05) is 45.0 Å². The smallest absolute Gasteiger partial charge is 0.200 e. The number of aliphatic hydroxyl groups is 3. The van der Waals surface area contributed by atoms with Crippen LogP contribution in [0, 0.1) is 5.92 Å². The number of aromatic hydroxyl groups is 1. The van der Waals surface area contributed by atoms with Crippen LogP contribution in [-0.2, 0) is 18.3 Å². The van der Waals surface area contributed by atoms with E-state index in [4.69, 9.17) is 23.7 Å². The van der Waals surface area contributed by atoms with Crippen LogP contribution in [0.3, 0.4) is 0 Å². The van der Waals surface area contributed by atoms with Gasteiger partial charge >= 0.3 is 0 Å². The van der Waals surface area contributed by atoms with E-state index in [0.717, 1.165) is 47.3 Å². The molecule has 2 aliphatic carbocycles. The molecular weight excluding hydrogens is 739 g/mol. The summed E-state index contributed by atoms with van der Waals surface area (Å²) in [6.45, 7) is 8.92. The Balaban J connectivity index is 1.13. The molecule has 0 amide bonds. The highest BCUT2D eigenvalue weighted by Gasteiger charge is 2.42. The molecule has 58 heavy (non-hydrogen) atoms. The van der Waals surface area contributed by atoms with Gasteiger partial charge in [0.1, 0.15) is 30.6 Å². The summed E-state index contributed by atoms with van der Waals surface area (Å²) in [5.41, 5.74) is 8.99. The number of benzene rings is 4. The first-order valence-corrected chi connectivity index (χ1v) is 20.6. The van der Waals surface area contributed by atoms with Gasteiger partial charge < -0.3 is 54.7 Å². The molecule has 0 bridgehead atoms. The van der Waals surface area contributed by atoms with Gasteiger partial charge in [0.2, 0.25) is 5.75 Å². The Labute approximate surface area is 340 Å². The number of hydrogen-bond acceptors (Lipinski definition) is 12. The van der Waals surface area contributed by atoms with E-state index in [-0.39, 0.29) is 61.1 Å². The molecule has 12 nitrogen and oxygen atoms in total. The van der Waals surface area contributed by atoms with Crippen molar-refractivity contribution < 1.29 is 44.1 Å². The molecule has 0 saturated carbocycles. The molecule has 4 aromatic rings. The number of phenols is 1. The number of likely N-dealkylation sites (N-methyl/N-ethyl adjacent to an activating group) is 1. The van der Waals surface area contributed by atoms with Gasteiger partial charge in [-0.3, -0.25) is 5.32 Å². The number of methoxy groups -OCH3 is 1. The first kappa shape index (κ1) is 40.1. The van der Waals surface area contributed by atoms with E-state index in [1.54, 1.807) is 12.1 Å². The lowest BCUT2D eigenvalue weighted by molar-refractivity contribution is 0.0875. The number of ether oxygens (including phenoxy) is 5. The van der Waals surface area contributed by atoms with Crippen molar-refractivity contribution in [1.82, 2.24) is 10.6 Å². The van der Waals surface area contributed by atoms with Gasteiger partial charge in [-0.25, -0.2) is 0 Å². The van der Waals surface area contributed by atoms with Crippen molar-refractivity contribution in [3.05, 3.63) is 87.5 Å². The molecule has 0 fully saturated rings. The molecule has 2 aliphatic heterocycles. The maximum Gasteiger partial charge on any atom is 0.200 e. The third kappa shape index (κ3) is 7.08. The summed E-state index contributed by atoms with van der Waals surface area (Å²) < 4.78 is 31.0. The largest absolute Gasteiger partial charge is 0.502 e. The van der Waals surface area contributed by atoms with Crippen LogP contribution in [-0.4, -0.2) is 80.8 Å². The zero-order chi connectivity index (χ0) is 40.7. The molecule has 7 N–H and O–H groups in total. The summed E-state index contributed by atoms with van der Waals surface area (Å²) in [5, 5.41) is 55.5. The van der Waals surface area contributed by atoms with Crippen molar-refractivity contribution in [2.45, 2.75) is 76.0 Å². The summed E-state index contributed by atoms with van der Waals surface area (Å²) in [4.78, 5) is 0. The fourth-order valence-corrected chi connectivity index (χ4v) is 9.60. The minimum absolute atomic E-state index is 0.0451. The molecule has 0 saturated heterocycles. The molecule has 4 aromatic carbocycles. The standard InChI is InChI=1S/C46H57N3O9/c1-6-48-24-58-36-20-34(55-16-15-47-4)29-11-12-30-39-33(49-45(53)42(36)41(29)39)19-35-40(30)43(51)31(23-57-35)25-17-37(54-5)44(52)38(18-25)56-22-26(21-50)27-13-14-46(2,3)32-10-8-7-9-28(27)32/h7-10,17-20,26-27,31,43,45,47-53H,6,11-16,21-24H2,1-5H3/t26-,27-,31-,43-,45+/m0/s1. The van der Waals surface area contributed by atoms with Crippen LogP contribution in [0.2, 0.25) is 0 Å². The van der Waals surface area contributed by atoms with Crippen molar-refractivity contribution in [3.63, 3.8) is 0 Å². The predicted octanol–water partition coefficient (Wildman–Crippen LogP) is 6.18. The number of fused-ring (bicyclic) bond motifs is 3. The maximum absolute atomic E-state index is 12.4. The SMILES string of the molecule is CCNCOc1cc(OCCNC)c2c3c1[C@@H](O)Nc1cc4c(c(c1-3)CC2)[C@@H](O)[C@H](c1cc(OC)c(O)c(OC[C@H](CO)[C@@H]2CCC(C)(C)c3ccccc32)c1)CO4. The average Bonchev–Trinajstić information content (AvgIpc) is 3.22. The van der Waals surface area contributed by atoms with E-state index in [2.05, 4.69) is 54.1 Å². The fourth-order valence-electron chi connectivity index (χ4n) is 9.60. The zero-order valence-electron chi connectivity index (χ0n) is 34.1. The molecule has 4 aliphatic rings. The van der Waals surface area contributed by atoms with Crippen molar-refractivity contribution in [2.75, 3.05) is 65.7 Å². The molecular formula is C46H57N3O9. The highest BCUT2D eigenvalue weighted by atomic mass is 16.5. The van der Waals surface area contributed by atoms with Crippen LogP contribution < -0.4 is 39.6 Å². The highest BCUT2D eigenvalue weighted by molar-refractivity contribution is 5.93. The summed E-state index contributed by atoms with van der Waals surface area (Å²) in [7, 11) is 3.37. The summed E-state index contributed by atoms with van der Waals surface area (Å²) in [5.74, 6) is 1.45. The van der Waals surface area contributed by atoms with Crippen molar-refractivity contribution in [1.29, 1.82) is 0 Å². The normalized spacial score (nSPS) is 21.4. The molecule has 0 radical (unpaired) electrons. The first-order valence-electron chi connectivity index (χ1n) is 20.6. The Hall–Kier alpha value is -4.72. The molecule has 5 atom stereocenters. The van der Waals surface area contributed by atoms with Crippen LogP contribution in [0.25, 0.3) is 11.1 Å². The van der Waals surface area contributed by atoms with Crippen molar-refractivity contribution >= 4 is 5.69 Å². The average molecular weight is 796 g/mol. The van der Waals surface area contributed by atoms with Gasteiger partial charge in [-0.15, -0.1) is 0 Å². The minimum atomic E-state index is -1.04. The Morgan fingerprint density at radius 1 is 0.948 bits per heavy atom. The first-order chi connectivity index (χ1) is 28.1. The van der Waals surface area contributed by atoms with Crippen molar-refractivity contribution in [2.24, 2.45) is 5.92 Å². The molecule has 0 unspecified atom stereocenters. The second-order valence-electron chi connectivity index (χ2n) is 16.5. The van der Waals surface area contributed by atoms with E-state index in [1.807, 2.05) is 26.1 Å². The van der Waals surface area contributed by atoms with E-state index in [9.17, 15) is 20.4 Å². The molecule has 0 spiro atoms. The fraction of sp³-hybridized carbons (Fsp3) is 0.478. The Bertz CT molecular complexity index is 2160. The lowest BCUT2D eigenvalue weighted by Gasteiger charge is -2.40. The molecule has 0 aromatic heterocycles. The quantitative estimate of drug-likeness (QED) is 0.0542. The summed E-state index contributed by atoms with van der Waals surface area (Å²) >= 11 is 0. The number of phenolic OH excluding ortho intramolecular Hbond substituents is 1. The second-order valence-corrected chi connectivity index (χ2v) is 16.5. The predicted molar refractivity (Wildman–Crippen MR) is 222 cm³/mol. The lowest BCUT2D eigenvalue weighted by atomic mass is 9.66. The molecule has 2 heterocycles. The van der Waals surface area contributed by atoms with Gasteiger partial charge in [0.05, 0.1) is 32.0 Å². The van der Waals surface area contributed by atoms with E-state index in [1.165, 1.54) is 18.2 Å². The number of anilines is 1. The van der Waals surface area contributed by atoms with Gasteiger partial charge in [0.25, 0.3) is 0 Å². The topological polar surface area (TPSA) is 163 Å². The third-order valence-corrected chi connectivity index (χ3v) is 12.7. The van der Waals surface area contributed by atoms with Crippen LogP contribution >= 0.6 is 0 Å². The van der Waals surface area contributed by atoms with Crippen molar-refractivity contribution in [3.8, 4) is 45.6 Å². The van der Waals surface area contributed by atoms with E-state index in [0.29, 0.717) is 59.9 Å². The molecule has 310 valence electrons. The van der Waals surface area contributed by atoms with E-state index >= 15 is 0 Å². The summed E-state index contributed by atoms with van der Waals surface area (Å²) in [6, 6.07) is 15.7. The Morgan fingerprint density at radius 2 is 1.74 bits per heavy atom. The zero-order valence-corrected chi connectivity index (χ0v) is 34.1. The minimum Gasteiger partial charge on any atom is -0.502 e. The Morgan fingerprint density at radius 3 is 2.52 bits per heavy atom. The highest BCUT2D eigenvalue weighted by Crippen LogP contribution is 2.57.